The second-order valence-electron chi connectivity index (χ2n) is 5.78. The maximum Gasteiger partial charge on any atom is 0.142 e. The van der Waals surface area contributed by atoms with Crippen molar-refractivity contribution in [2.45, 2.75) is 12.1 Å². The standard InChI is InChI=1S/C18H20ClFN2O2.ClH/c1-21-11-16(23)18(12-3-2-4-14(20)9-12)22-7-8-24-17-6-5-13(19)10-15(17)22;/h2-6,9-10,16,18,21,23H,7-8,11H2,1H3;1H/t16-,18+;/m1./s1. The number of halogens is 3. The molecule has 1 aliphatic heterocycles. The van der Waals surface area contributed by atoms with Gasteiger partial charge in [-0.2, -0.15) is 0 Å². The molecule has 0 amide bonds. The number of nitrogens with one attached hydrogen (secondary N) is 1. The van der Waals surface area contributed by atoms with E-state index in [1.54, 1.807) is 19.2 Å². The molecule has 0 saturated heterocycles. The first-order valence-corrected chi connectivity index (χ1v) is 8.25. The van der Waals surface area contributed by atoms with Crippen LogP contribution in [0.25, 0.3) is 0 Å². The van der Waals surface area contributed by atoms with E-state index in [0.29, 0.717) is 36.0 Å². The second kappa shape index (κ2) is 8.72. The summed E-state index contributed by atoms with van der Waals surface area (Å²) in [6.45, 7) is 1.45. The van der Waals surface area contributed by atoms with Gasteiger partial charge in [0.25, 0.3) is 0 Å². The molecule has 136 valence electrons. The van der Waals surface area contributed by atoms with Gasteiger partial charge in [-0.15, -0.1) is 12.4 Å². The first kappa shape index (κ1) is 19.8. The minimum atomic E-state index is -0.721. The lowest BCUT2D eigenvalue weighted by atomic mass is 9.97. The number of anilines is 1. The molecule has 3 rings (SSSR count). The number of ether oxygens (including phenoxy) is 1. The van der Waals surface area contributed by atoms with Gasteiger partial charge in [-0.3, -0.25) is 0 Å². The van der Waals surface area contributed by atoms with Crippen LogP contribution in [0.2, 0.25) is 5.02 Å². The fourth-order valence-electron chi connectivity index (χ4n) is 3.12. The highest BCUT2D eigenvalue weighted by atomic mass is 35.5. The molecule has 0 spiro atoms. The Morgan fingerprint density at radius 2 is 2.12 bits per heavy atom. The first-order chi connectivity index (χ1) is 11.6. The Morgan fingerprint density at radius 3 is 2.84 bits per heavy atom. The number of rotatable bonds is 5. The number of aliphatic hydroxyl groups is 1. The summed E-state index contributed by atoms with van der Waals surface area (Å²) in [4.78, 5) is 2.03. The molecular formula is C18H21Cl2FN2O2. The summed E-state index contributed by atoms with van der Waals surface area (Å²) in [6, 6.07) is 11.3. The molecule has 0 aromatic heterocycles. The maximum atomic E-state index is 13.7. The van der Waals surface area contributed by atoms with Crippen LogP contribution >= 0.6 is 24.0 Å². The van der Waals surface area contributed by atoms with Gasteiger partial charge >= 0.3 is 0 Å². The van der Waals surface area contributed by atoms with E-state index in [1.165, 1.54) is 12.1 Å². The van der Waals surface area contributed by atoms with Crippen LogP contribution < -0.4 is 15.0 Å². The summed E-state index contributed by atoms with van der Waals surface area (Å²) >= 11 is 6.14. The molecule has 4 nitrogen and oxygen atoms in total. The van der Waals surface area contributed by atoms with Crippen molar-refractivity contribution in [3.05, 3.63) is 58.9 Å². The number of nitrogens with zero attached hydrogens (tertiary/aromatic N) is 1. The molecular weight excluding hydrogens is 366 g/mol. The number of aliphatic hydroxyl groups excluding tert-OH is 1. The van der Waals surface area contributed by atoms with Gasteiger partial charge in [0.2, 0.25) is 0 Å². The third-order valence-corrected chi connectivity index (χ3v) is 4.36. The summed E-state index contributed by atoms with van der Waals surface area (Å²) in [5, 5.41) is 14.3. The minimum absolute atomic E-state index is 0. The molecule has 0 aliphatic carbocycles. The molecule has 0 bridgehead atoms. The Bertz CT molecular complexity index is 717. The summed E-state index contributed by atoms with van der Waals surface area (Å²) < 4.78 is 19.4. The van der Waals surface area contributed by atoms with Gasteiger partial charge < -0.3 is 20.1 Å². The van der Waals surface area contributed by atoms with Crippen molar-refractivity contribution in [2.24, 2.45) is 0 Å². The lowest BCUT2D eigenvalue weighted by molar-refractivity contribution is 0.135. The molecule has 0 fully saturated rings. The number of fused-ring (bicyclic) bond motifs is 1. The van der Waals surface area contributed by atoms with Crippen molar-refractivity contribution in [2.75, 3.05) is 31.6 Å². The van der Waals surface area contributed by atoms with Crippen LogP contribution in [0.5, 0.6) is 5.75 Å². The molecule has 1 heterocycles. The van der Waals surface area contributed by atoms with Crippen LogP contribution in [-0.4, -0.2) is 38.0 Å². The highest BCUT2D eigenvalue weighted by Gasteiger charge is 2.31. The van der Waals surface area contributed by atoms with Gasteiger partial charge in [-0.25, -0.2) is 4.39 Å². The van der Waals surface area contributed by atoms with Crippen LogP contribution in [0.3, 0.4) is 0 Å². The Balaban J connectivity index is 0.00000225. The summed E-state index contributed by atoms with van der Waals surface area (Å²) in [7, 11) is 1.77. The zero-order valence-corrected chi connectivity index (χ0v) is 15.4. The molecule has 2 atom stereocenters. The van der Waals surface area contributed by atoms with E-state index in [-0.39, 0.29) is 18.2 Å². The van der Waals surface area contributed by atoms with E-state index in [0.717, 1.165) is 5.69 Å². The van der Waals surface area contributed by atoms with Crippen molar-refractivity contribution in [3.63, 3.8) is 0 Å². The Morgan fingerprint density at radius 1 is 1.32 bits per heavy atom. The number of likely N-dealkylation sites (N-methyl/N-ethyl adjacent to an activating group) is 1. The Kier molecular flexibility index (Phi) is 6.90. The van der Waals surface area contributed by atoms with Gasteiger partial charge in [-0.05, 0) is 42.9 Å². The monoisotopic (exact) mass is 386 g/mol. The van der Waals surface area contributed by atoms with Crippen molar-refractivity contribution >= 4 is 29.7 Å². The number of hydrogen-bond acceptors (Lipinski definition) is 4. The summed E-state index contributed by atoms with van der Waals surface area (Å²) in [5.74, 6) is 0.387. The molecule has 0 saturated carbocycles. The maximum absolute atomic E-state index is 13.7. The fourth-order valence-corrected chi connectivity index (χ4v) is 3.29. The van der Waals surface area contributed by atoms with Crippen LogP contribution in [0, 0.1) is 5.82 Å². The van der Waals surface area contributed by atoms with E-state index >= 15 is 0 Å². The van der Waals surface area contributed by atoms with Crippen LogP contribution in [0.15, 0.2) is 42.5 Å². The molecule has 7 heteroatoms. The Labute approximate surface area is 158 Å². The van der Waals surface area contributed by atoms with E-state index < -0.39 is 12.1 Å². The second-order valence-corrected chi connectivity index (χ2v) is 6.22. The molecule has 1 aliphatic rings. The Hall–Kier alpha value is -1.53. The highest BCUT2D eigenvalue weighted by molar-refractivity contribution is 6.31. The predicted octanol–water partition coefficient (Wildman–Crippen LogP) is 3.42. The van der Waals surface area contributed by atoms with Gasteiger partial charge in [0.1, 0.15) is 18.2 Å². The highest BCUT2D eigenvalue weighted by Crippen LogP contribution is 2.40. The average Bonchev–Trinajstić information content (AvgIpc) is 2.56. The molecule has 2 aromatic rings. The van der Waals surface area contributed by atoms with Gasteiger partial charge in [0.15, 0.2) is 0 Å². The van der Waals surface area contributed by atoms with Crippen molar-refractivity contribution < 1.29 is 14.2 Å². The smallest absolute Gasteiger partial charge is 0.142 e. The molecule has 0 radical (unpaired) electrons. The van der Waals surface area contributed by atoms with Gasteiger partial charge in [0, 0.05) is 11.6 Å². The summed E-state index contributed by atoms with van der Waals surface area (Å²) in [5.41, 5.74) is 1.52. The van der Waals surface area contributed by atoms with Gasteiger partial charge in [-0.1, -0.05) is 23.7 Å². The topological polar surface area (TPSA) is 44.7 Å². The zero-order valence-electron chi connectivity index (χ0n) is 13.8. The van der Waals surface area contributed by atoms with Gasteiger partial charge in [0.05, 0.1) is 24.4 Å². The van der Waals surface area contributed by atoms with E-state index in [2.05, 4.69) is 5.32 Å². The molecule has 25 heavy (non-hydrogen) atoms. The normalized spacial score (nSPS) is 15.6. The summed E-state index contributed by atoms with van der Waals surface area (Å²) in [6.07, 6.45) is -0.721. The molecule has 0 unspecified atom stereocenters. The third kappa shape index (κ3) is 4.36. The molecule has 2 aromatic carbocycles. The average molecular weight is 387 g/mol. The van der Waals surface area contributed by atoms with Crippen molar-refractivity contribution in [1.82, 2.24) is 5.32 Å². The lowest BCUT2D eigenvalue weighted by Gasteiger charge is -2.40. The zero-order chi connectivity index (χ0) is 17.1. The lowest BCUT2D eigenvalue weighted by Crippen LogP contribution is -2.44. The first-order valence-electron chi connectivity index (χ1n) is 7.87. The predicted molar refractivity (Wildman–Crippen MR) is 101 cm³/mol. The van der Waals surface area contributed by atoms with E-state index in [4.69, 9.17) is 16.3 Å². The quantitative estimate of drug-likeness (QED) is 0.826. The van der Waals surface area contributed by atoms with E-state index in [9.17, 15) is 9.50 Å². The van der Waals surface area contributed by atoms with Crippen LogP contribution in [-0.2, 0) is 0 Å². The third-order valence-electron chi connectivity index (χ3n) is 4.12. The molecule has 2 N–H and O–H groups in total. The van der Waals surface area contributed by atoms with E-state index in [1.807, 2.05) is 23.1 Å². The number of benzene rings is 2. The van der Waals surface area contributed by atoms with Crippen LogP contribution in [0.1, 0.15) is 11.6 Å². The fraction of sp³-hybridized carbons (Fsp3) is 0.333. The van der Waals surface area contributed by atoms with Crippen molar-refractivity contribution in [3.8, 4) is 5.75 Å². The van der Waals surface area contributed by atoms with Crippen LogP contribution in [0.4, 0.5) is 10.1 Å². The SMILES string of the molecule is CNC[C@@H](O)[C@H](c1cccc(F)c1)N1CCOc2ccc(Cl)cc21.Cl. The number of hydrogen-bond donors (Lipinski definition) is 2. The minimum Gasteiger partial charge on any atom is -0.490 e. The van der Waals surface area contributed by atoms with Crippen molar-refractivity contribution in [1.29, 1.82) is 0 Å². The largest absolute Gasteiger partial charge is 0.490 e.